The van der Waals surface area contributed by atoms with E-state index in [0.29, 0.717) is 17.2 Å². The van der Waals surface area contributed by atoms with Gasteiger partial charge in [-0.3, -0.25) is 20.2 Å². The van der Waals surface area contributed by atoms with Crippen LogP contribution in [-0.2, 0) is 4.74 Å². The number of halogens is 8. The highest BCUT2D eigenvalue weighted by Crippen LogP contribution is 2.36. The van der Waals surface area contributed by atoms with Crippen molar-refractivity contribution in [2.75, 3.05) is 22.1 Å². The highest BCUT2D eigenvalue weighted by Gasteiger charge is 2.24. The van der Waals surface area contributed by atoms with Crippen molar-refractivity contribution in [2.45, 2.75) is 26.4 Å². The minimum atomic E-state index is -0.574. The summed E-state index contributed by atoms with van der Waals surface area (Å²) in [4.78, 5) is 67.8. The summed E-state index contributed by atoms with van der Waals surface area (Å²) in [5, 5.41) is 41.7. The number of hydrogen-bond donors (Lipinski definition) is 6. The largest absolute Gasteiger partial charge is 0.443 e. The standard InChI is InChI=1S/C16H15BrN2O2.C11H7BrN4.C11H8BrN3O2.C11H10BrN3.2C11H7BrN2.C6H6BrN.C5H3ClN2O2/c1-16(2,3)21-15(20)19-12-8-4-7-11(17)13(12)10-6-5-9-18-14(10)19;12-8-3-1-4-9(7-8)16-11-10(14-15-16)5-2-6-13-11;12-8-3-1-4-9(7-8)14-11-10(15(16)17)5-2-6-13-11;12-8-3-1-4-9(7-8)15-11-10(13)5-2-6-14-11;12-8-4-1-5-9-10(8)7-3-2-6-13-11(7)14-9;12-7-3-4-8-9-2-1-5-13-11(9)14-10(8)6-7;7-5-2-1-3-6(8)4-5;6-5-4(8(9)10)2-1-3-7-5/h4-9H,1-3H3;1-7H;1-7H,(H,13,14);1-7H,13H2,(H,14,15);2*1-6H,(H,13,14);1-4H,8H2;1-3H. The van der Waals surface area contributed by atoms with Crippen LogP contribution >= 0.6 is 123 Å². The van der Waals surface area contributed by atoms with Crippen molar-refractivity contribution in [2.24, 2.45) is 0 Å². The number of aromatic nitrogens is 13. The molecule has 115 heavy (non-hydrogen) atoms. The summed E-state index contributed by atoms with van der Waals surface area (Å²) in [6.07, 6.45) is 11.2. The molecule has 578 valence electrons. The number of rotatable bonds is 7. The molecule has 18 rings (SSSR count). The first-order valence-corrected chi connectivity index (χ1v) is 40.1. The fourth-order valence-corrected chi connectivity index (χ4v) is 14.2. The van der Waals surface area contributed by atoms with E-state index >= 15 is 0 Å². The third-order valence-electron chi connectivity index (χ3n) is 15.8. The van der Waals surface area contributed by atoms with Gasteiger partial charge in [0, 0.05) is 147 Å². The number of pyridine rings is 7. The summed E-state index contributed by atoms with van der Waals surface area (Å²) in [6.45, 7) is 5.55. The van der Waals surface area contributed by atoms with Gasteiger partial charge in [-0.2, -0.15) is 4.68 Å². The van der Waals surface area contributed by atoms with Crippen molar-refractivity contribution < 1.29 is 19.4 Å². The molecule has 33 heteroatoms. The molecular weight excluding hydrogens is 1940 g/mol. The number of carbonyl (C=O) groups excluding carboxylic acids is 1. The van der Waals surface area contributed by atoms with Crippen LogP contribution in [0.1, 0.15) is 20.8 Å². The molecule has 0 bridgehead atoms. The van der Waals surface area contributed by atoms with Gasteiger partial charge in [-0.1, -0.05) is 171 Å². The lowest BCUT2D eigenvalue weighted by Gasteiger charge is -2.20. The molecule has 0 aliphatic rings. The number of hydrogen-bond acceptors (Lipinski definition) is 19. The van der Waals surface area contributed by atoms with Crippen molar-refractivity contribution in [3.05, 3.63) is 337 Å². The van der Waals surface area contributed by atoms with Crippen LogP contribution in [0.2, 0.25) is 5.15 Å². The van der Waals surface area contributed by atoms with E-state index in [-0.39, 0.29) is 22.3 Å². The number of nitro groups is 2. The number of ether oxygens (including phenoxy) is 1. The third kappa shape index (κ3) is 22.9. The van der Waals surface area contributed by atoms with Crippen LogP contribution in [0.5, 0.6) is 0 Å². The summed E-state index contributed by atoms with van der Waals surface area (Å²) in [5.41, 5.74) is 21.6. The summed E-state index contributed by atoms with van der Waals surface area (Å²) >= 11 is 29.4. The molecule has 0 fully saturated rings. The zero-order chi connectivity index (χ0) is 81.7. The quantitative estimate of drug-likeness (QED) is 0.0373. The predicted molar refractivity (Wildman–Crippen MR) is 482 cm³/mol. The average molecular weight is 2010 g/mol. The van der Waals surface area contributed by atoms with Gasteiger partial charge in [0.05, 0.1) is 26.7 Å². The van der Waals surface area contributed by atoms with Gasteiger partial charge in [-0.05, 0) is 203 Å². The fraction of sp³-hybridized carbons (Fsp3) is 0.0488. The van der Waals surface area contributed by atoms with E-state index in [2.05, 4.69) is 208 Å². The van der Waals surface area contributed by atoms with Crippen LogP contribution in [0.15, 0.2) is 311 Å². The number of fused-ring (bicyclic) bond motifs is 10. The molecule has 18 aromatic rings. The number of nitrogens with two attached hydrogens (primary N) is 2. The lowest BCUT2D eigenvalue weighted by Crippen LogP contribution is -2.27. The Morgan fingerprint density at radius 2 is 0.974 bits per heavy atom. The molecule has 0 amide bonds. The molecule has 0 saturated carbocycles. The van der Waals surface area contributed by atoms with E-state index in [1.807, 2.05) is 197 Å². The van der Waals surface area contributed by atoms with Crippen LogP contribution in [0.3, 0.4) is 0 Å². The normalized spacial score (nSPS) is 10.6. The van der Waals surface area contributed by atoms with Crippen molar-refractivity contribution in [3.63, 3.8) is 0 Å². The maximum Gasteiger partial charge on any atom is 0.420 e. The maximum atomic E-state index is 12.5. The molecule has 11 aromatic heterocycles. The number of nitrogens with zero attached hydrogens (tertiary/aromatic N) is 13. The van der Waals surface area contributed by atoms with E-state index in [0.717, 1.165) is 109 Å². The Bertz CT molecular complexity index is 6450. The molecule has 25 nitrogen and oxygen atoms in total. The zero-order valence-corrected chi connectivity index (χ0v) is 72.4. The van der Waals surface area contributed by atoms with Crippen molar-refractivity contribution >= 4 is 252 Å². The molecule has 0 aliphatic carbocycles. The van der Waals surface area contributed by atoms with Gasteiger partial charge in [0.2, 0.25) is 11.0 Å². The molecular formula is C82H63Br7ClN19O6. The lowest BCUT2D eigenvalue weighted by atomic mass is 10.2. The van der Waals surface area contributed by atoms with Crippen LogP contribution in [0.25, 0.3) is 82.7 Å². The van der Waals surface area contributed by atoms with Gasteiger partial charge in [-0.15, -0.1) is 5.10 Å². The second-order valence-electron chi connectivity index (χ2n) is 25.0. The summed E-state index contributed by atoms with van der Waals surface area (Å²) < 4.78 is 15.8. The first kappa shape index (κ1) is 84.4. The Balaban J connectivity index is 0.000000131. The first-order chi connectivity index (χ1) is 55.4. The number of aromatic amines is 2. The highest BCUT2D eigenvalue weighted by molar-refractivity contribution is 9.11. The molecule has 8 N–H and O–H groups in total. The Labute approximate surface area is 720 Å². The van der Waals surface area contributed by atoms with Crippen molar-refractivity contribution in [1.29, 1.82) is 0 Å². The Morgan fingerprint density at radius 3 is 1.58 bits per heavy atom. The van der Waals surface area contributed by atoms with Gasteiger partial charge < -0.3 is 36.8 Å². The second kappa shape index (κ2) is 40.0. The van der Waals surface area contributed by atoms with Crippen LogP contribution in [0, 0.1) is 20.2 Å². The Hall–Kier alpha value is -11.5. The number of nitrogen functional groups attached to an aromatic ring is 2. The van der Waals surface area contributed by atoms with Gasteiger partial charge in [0.25, 0.3) is 0 Å². The summed E-state index contributed by atoms with van der Waals surface area (Å²) in [6, 6.07) is 73.6. The molecule has 0 radical (unpaired) electrons. The molecule has 11 heterocycles. The molecule has 7 aromatic carbocycles. The van der Waals surface area contributed by atoms with E-state index in [4.69, 9.17) is 27.8 Å². The van der Waals surface area contributed by atoms with Crippen LogP contribution in [-0.4, -0.2) is 86.0 Å². The molecule has 0 aliphatic heterocycles. The van der Waals surface area contributed by atoms with Crippen molar-refractivity contribution in [1.82, 2.24) is 64.4 Å². The van der Waals surface area contributed by atoms with E-state index in [1.54, 1.807) is 41.7 Å². The van der Waals surface area contributed by atoms with E-state index < -0.39 is 21.5 Å². The van der Waals surface area contributed by atoms with E-state index in [1.165, 1.54) is 57.4 Å². The number of anilines is 6. The lowest BCUT2D eigenvalue weighted by molar-refractivity contribution is -0.385. The monoisotopic (exact) mass is 2000 g/mol. The Morgan fingerprint density at radius 1 is 0.470 bits per heavy atom. The SMILES string of the molecule is Brc1ccc2c(c1)[nH]c1ncccc12.Brc1cccc(-n2nnc3cccnc32)c1.Brc1cccc2[nH]c3ncccc3c12.CC(C)(C)OC(=O)n1c2cccc(Br)c2c2cccnc21.Nc1cccc(Br)c1.Nc1cccnc1Nc1cccc(Br)c1.O=[N+]([O-])c1cccnc1Cl.O=[N+]([O-])c1cccnc1Nc1cccc(Br)c1. The fourth-order valence-electron chi connectivity index (χ4n) is 10.9. The summed E-state index contributed by atoms with van der Waals surface area (Å²) in [7, 11) is 0. The number of nitrogens with one attached hydrogen (secondary N) is 4. The predicted octanol–water partition coefficient (Wildman–Crippen LogP) is 24.6. The molecule has 0 saturated heterocycles. The molecule has 0 spiro atoms. The topological polar surface area (TPSA) is 346 Å². The number of benzene rings is 7. The van der Waals surface area contributed by atoms with Gasteiger partial charge >= 0.3 is 17.5 Å². The molecule has 0 atom stereocenters. The second-order valence-corrected chi connectivity index (χ2v) is 31.7. The minimum Gasteiger partial charge on any atom is -0.443 e. The van der Waals surface area contributed by atoms with Gasteiger partial charge in [0.15, 0.2) is 17.1 Å². The Kier molecular flexibility index (Phi) is 29.4. The van der Waals surface area contributed by atoms with Crippen LogP contribution < -0.4 is 22.1 Å². The maximum absolute atomic E-state index is 12.5. The van der Waals surface area contributed by atoms with Gasteiger partial charge in [0.1, 0.15) is 22.4 Å². The van der Waals surface area contributed by atoms with Crippen molar-refractivity contribution in [3.8, 4) is 5.69 Å². The summed E-state index contributed by atoms with van der Waals surface area (Å²) in [5.74, 6) is 0.909. The number of carbonyl (C=O) groups is 1. The zero-order valence-electron chi connectivity index (χ0n) is 60.5. The first-order valence-electron chi connectivity index (χ1n) is 34.2. The average Bonchev–Trinajstić information content (AvgIpc) is 1.59. The molecule has 0 unspecified atom stereocenters. The third-order valence-corrected chi connectivity index (χ3v) is 19.9. The number of H-pyrrole nitrogens is 2. The smallest absolute Gasteiger partial charge is 0.420 e. The van der Waals surface area contributed by atoms with E-state index in [9.17, 15) is 25.0 Å². The highest BCUT2D eigenvalue weighted by atomic mass is 79.9. The minimum absolute atomic E-state index is 0.0486. The van der Waals surface area contributed by atoms with Crippen LogP contribution in [0.4, 0.5) is 50.6 Å². The van der Waals surface area contributed by atoms with Gasteiger partial charge in [-0.25, -0.2) is 44.2 Å².